The van der Waals surface area contributed by atoms with Crippen LogP contribution in [0, 0.1) is 0 Å². The molecule has 42 heavy (non-hydrogen) atoms. The molecule has 2 atom stereocenters. The van der Waals surface area contributed by atoms with Crippen molar-refractivity contribution in [1.29, 1.82) is 0 Å². The molecule has 5 heteroatoms. The van der Waals surface area contributed by atoms with Gasteiger partial charge in [-0.25, -0.2) is 8.42 Å². The van der Waals surface area contributed by atoms with E-state index in [0.717, 1.165) is 43.5 Å². The van der Waals surface area contributed by atoms with Crippen molar-refractivity contribution in [1.82, 2.24) is 9.21 Å². The lowest BCUT2D eigenvalue weighted by Gasteiger charge is -2.53. The third-order valence-electron chi connectivity index (χ3n) is 10.2. The van der Waals surface area contributed by atoms with E-state index in [1.54, 1.807) is 0 Å². The number of benzene rings is 4. The van der Waals surface area contributed by atoms with Crippen molar-refractivity contribution in [3.63, 3.8) is 0 Å². The molecule has 1 aliphatic carbocycles. The van der Waals surface area contributed by atoms with Crippen LogP contribution in [0.2, 0.25) is 0 Å². The van der Waals surface area contributed by atoms with E-state index < -0.39 is 10.0 Å². The molecule has 0 amide bonds. The van der Waals surface area contributed by atoms with Gasteiger partial charge >= 0.3 is 0 Å². The first-order valence-electron chi connectivity index (χ1n) is 15.6. The Morgan fingerprint density at radius 1 is 0.571 bits per heavy atom. The minimum absolute atomic E-state index is 0.0145. The molecular formula is C37H40N2O2S. The summed E-state index contributed by atoms with van der Waals surface area (Å²) in [6.07, 6.45) is 6.63. The van der Waals surface area contributed by atoms with Crippen molar-refractivity contribution in [2.45, 2.75) is 66.8 Å². The SMILES string of the molecule is O=S(=O)(c1ccc(-c2ccccc2)cc1)N1CCC2(N3CCCCC3)C[C@@H](c3ccccc3)C1[C@H](c1ccccc1)C2. The van der Waals surface area contributed by atoms with Crippen LogP contribution < -0.4 is 0 Å². The molecule has 0 radical (unpaired) electrons. The second-order valence-corrected chi connectivity index (χ2v) is 14.4. The molecule has 3 saturated heterocycles. The third-order valence-corrected chi connectivity index (χ3v) is 12.1. The van der Waals surface area contributed by atoms with E-state index in [4.69, 9.17) is 0 Å². The maximum Gasteiger partial charge on any atom is 0.243 e. The lowest BCUT2D eigenvalue weighted by molar-refractivity contribution is 0.0188. The van der Waals surface area contributed by atoms with E-state index in [1.807, 2.05) is 46.8 Å². The molecule has 8 rings (SSSR count). The zero-order chi connectivity index (χ0) is 28.6. The van der Waals surface area contributed by atoms with Gasteiger partial charge in [0.05, 0.1) is 4.90 Å². The molecule has 4 nitrogen and oxygen atoms in total. The monoisotopic (exact) mass is 576 g/mol. The molecule has 4 aromatic carbocycles. The molecule has 0 unspecified atom stereocenters. The van der Waals surface area contributed by atoms with Crippen molar-refractivity contribution in [3.8, 4) is 11.1 Å². The van der Waals surface area contributed by atoms with Gasteiger partial charge in [-0.3, -0.25) is 4.90 Å². The Bertz CT molecular complexity index is 1530. The third kappa shape index (κ3) is 5.02. The predicted octanol–water partition coefficient (Wildman–Crippen LogP) is 7.70. The maximum atomic E-state index is 14.7. The first kappa shape index (κ1) is 27.6. The molecule has 4 aromatic rings. The van der Waals surface area contributed by atoms with Gasteiger partial charge < -0.3 is 0 Å². The highest BCUT2D eigenvalue weighted by atomic mass is 32.2. The zero-order valence-corrected chi connectivity index (χ0v) is 25.0. The highest BCUT2D eigenvalue weighted by Gasteiger charge is 2.56. The van der Waals surface area contributed by atoms with Gasteiger partial charge in [-0.15, -0.1) is 0 Å². The predicted molar refractivity (Wildman–Crippen MR) is 170 cm³/mol. The van der Waals surface area contributed by atoms with Crippen LogP contribution in [0.25, 0.3) is 11.1 Å². The average Bonchev–Trinajstić information content (AvgIpc) is 3.35. The molecule has 216 valence electrons. The van der Waals surface area contributed by atoms with Gasteiger partial charge in [-0.05, 0) is 79.6 Å². The Morgan fingerprint density at radius 2 is 1.07 bits per heavy atom. The molecule has 0 N–H and O–H groups in total. The van der Waals surface area contributed by atoms with E-state index in [2.05, 4.69) is 77.7 Å². The topological polar surface area (TPSA) is 40.6 Å². The number of rotatable bonds is 6. The Balaban J connectivity index is 1.35. The number of sulfonamides is 1. The lowest BCUT2D eigenvalue weighted by Crippen LogP contribution is -2.56. The minimum atomic E-state index is -3.74. The van der Waals surface area contributed by atoms with Crippen molar-refractivity contribution in [2.75, 3.05) is 19.6 Å². The molecule has 4 aliphatic rings. The second-order valence-electron chi connectivity index (χ2n) is 12.5. The van der Waals surface area contributed by atoms with Crippen LogP contribution in [0.4, 0.5) is 0 Å². The van der Waals surface area contributed by atoms with Crippen LogP contribution in [0.15, 0.2) is 120 Å². The number of likely N-dealkylation sites (tertiary alicyclic amines) is 1. The normalized spacial score (nSPS) is 27.0. The average molecular weight is 577 g/mol. The Morgan fingerprint density at radius 3 is 1.62 bits per heavy atom. The summed E-state index contributed by atoms with van der Waals surface area (Å²) in [6, 6.07) is 39.0. The number of hydrogen-bond acceptors (Lipinski definition) is 3. The Labute approximate surface area is 251 Å². The summed E-state index contributed by atoms with van der Waals surface area (Å²) in [5.74, 6) is 0.237. The minimum Gasteiger partial charge on any atom is -0.298 e. The van der Waals surface area contributed by atoms with Crippen LogP contribution in [-0.2, 0) is 10.0 Å². The number of hydrogen-bond donors (Lipinski definition) is 0. The fourth-order valence-corrected chi connectivity index (χ4v) is 9.87. The number of nitrogens with zero attached hydrogens (tertiary/aromatic N) is 2. The van der Waals surface area contributed by atoms with Gasteiger partial charge in [0.2, 0.25) is 10.0 Å². The van der Waals surface area contributed by atoms with Crippen LogP contribution in [0.1, 0.15) is 61.5 Å². The van der Waals surface area contributed by atoms with Crippen LogP contribution in [0.3, 0.4) is 0 Å². The summed E-state index contributed by atoms with van der Waals surface area (Å²) >= 11 is 0. The number of piperidine rings is 1. The maximum absolute atomic E-state index is 14.7. The van der Waals surface area contributed by atoms with E-state index in [1.165, 1.54) is 30.4 Å². The Kier molecular flexibility index (Phi) is 7.51. The first-order chi connectivity index (χ1) is 20.6. The molecular weight excluding hydrogens is 536 g/mol. The standard InChI is InChI=1S/C37H40N2O2S/c40-42(41,33-21-19-30(20-22-33)29-13-5-1-6-14-29)39-26-23-37(38-24-11-4-12-25-38)27-34(31-15-7-2-8-16-31)36(39)35(28-37)32-17-9-3-10-18-32/h1-3,5-10,13-22,34-36H,4,11-12,23-28H2/t34-,35-,36?,37?/m0/s1. The summed E-state index contributed by atoms with van der Waals surface area (Å²) in [5, 5.41) is 0. The van der Waals surface area contributed by atoms with Crippen molar-refractivity contribution < 1.29 is 8.42 Å². The van der Waals surface area contributed by atoms with Gasteiger partial charge in [0, 0.05) is 30.0 Å². The first-order valence-corrected chi connectivity index (χ1v) is 17.0. The van der Waals surface area contributed by atoms with Crippen LogP contribution >= 0.6 is 0 Å². The lowest BCUT2D eigenvalue weighted by atomic mass is 9.63. The summed E-state index contributed by atoms with van der Waals surface area (Å²) < 4.78 is 31.4. The van der Waals surface area contributed by atoms with Gasteiger partial charge in [0.25, 0.3) is 0 Å². The molecule has 0 aromatic heterocycles. The Hall–Kier alpha value is -3.25. The van der Waals surface area contributed by atoms with E-state index in [0.29, 0.717) is 11.4 Å². The smallest absolute Gasteiger partial charge is 0.243 e. The molecule has 2 bridgehead atoms. The van der Waals surface area contributed by atoms with Crippen LogP contribution in [0.5, 0.6) is 0 Å². The summed E-state index contributed by atoms with van der Waals surface area (Å²) in [7, 11) is -3.74. The fraction of sp³-hybridized carbons (Fsp3) is 0.351. The van der Waals surface area contributed by atoms with Crippen LogP contribution in [-0.4, -0.2) is 48.8 Å². The summed E-state index contributed by atoms with van der Waals surface area (Å²) in [5.41, 5.74) is 4.61. The van der Waals surface area contributed by atoms with E-state index in [9.17, 15) is 8.42 Å². The number of fused-ring (bicyclic) bond motifs is 4. The van der Waals surface area contributed by atoms with E-state index >= 15 is 0 Å². The molecule has 1 saturated carbocycles. The second kappa shape index (κ2) is 11.4. The quantitative estimate of drug-likeness (QED) is 0.236. The van der Waals surface area contributed by atoms with Crippen molar-refractivity contribution in [2.24, 2.45) is 0 Å². The van der Waals surface area contributed by atoms with Crippen molar-refractivity contribution in [3.05, 3.63) is 126 Å². The van der Waals surface area contributed by atoms with Gasteiger partial charge in [-0.1, -0.05) is 110 Å². The van der Waals surface area contributed by atoms with Gasteiger partial charge in [0.1, 0.15) is 0 Å². The summed E-state index contributed by atoms with van der Waals surface area (Å²) in [6.45, 7) is 2.78. The van der Waals surface area contributed by atoms with Gasteiger partial charge in [0.15, 0.2) is 0 Å². The summed E-state index contributed by atoms with van der Waals surface area (Å²) in [4.78, 5) is 3.14. The zero-order valence-electron chi connectivity index (χ0n) is 24.2. The van der Waals surface area contributed by atoms with E-state index in [-0.39, 0.29) is 23.4 Å². The highest BCUT2D eigenvalue weighted by molar-refractivity contribution is 7.89. The molecule has 4 fully saturated rings. The van der Waals surface area contributed by atoms with Gasteiger partial charge in [-0.2, -0.15) is 4.31 Å². The molecule has 3 aliphatic heterocycles. The highest BCUT2D eigenvalue weighted by Crippen LogP contribution is 2.55. The van der Waals surface area contributed by atoms with Crippen molar-refractivity contribution >= 4 is 10.0 Å². The molecule has 3 heterocycles. The fourth-order valence-electron chi connectivity index (χ4n) is 8.18. The largest absolute Gasteiger partial charge is 0.298 e. The molecule has 0 spiro atoms.